The van der Waals surface area contributed by atoms with Gasteiger partial charge in [0.1, 0.15) is 0 Å². The molecule has 0 saturated heterocycles. The molecule has 2 aromatic rings. The average Bonchev–Trinajstić information content (AvgIpc) is 2.84. The SMILES string of the molecule is Cc1cccc(CNC2C[C@H](C)Sc3sccc32)n1. The summed E-state index contributed by atoms with van der Waals surface area (Å²) in [6.07, 6.45) is 1.19. The van der Waals surface area contributed by atoms with Gasteiger partial charge in [0, 0.05) is 23.5 Å². The molecule has 0 radical (unpaired) electrons. The number of aryl methyl sites for hydroxylation is 1. The molecular weight excluding hydrogens is 272 g/mol. The Hall–Kier alpha value is -0.840. The van der Waals surface area contributed by atoms with E-state index >= 15 is 0 Å². The normalized spacial score (nSPS) is 22.2. The predicted molar refractivity (Wildman–Crippen MR) is 82.8 cm³/mol. The van der Waals surface area contributed by atoms with E-state index in [2.05, 4.69) is 40.8 Å². The van der Waals surface area contributed by atoms with Crippen molar-refractivity contribution in [3.05, 3.63) is 46.6 Å². The first-order chi connectivity index (χ1) is 9.22. The number of hydrogen-bond acceptors (Lipinski definition) is 4. The van der Waals surface area contributed by atoms with Gasteiger partial charge in [-0.1, -0.05) is 13.0 Å². The van der Waals surface area contributed by atoms with Crippen LogP contribution in [0.4, 0.5) is 0 Å². The van der Waals surface area contributed by atoms with Crippen molar-refractivity contribution in [2.75, 3.05) is 0 Å². The van der Waals surface area contributed by atoms with E-state index in [1.807, 2.05) is 36.1 Å². The molecule has 1 aliphatic heterocycles. The van der Waals surface area contributed by atoms with Crippen molar-refractivity contribution in [3.63, 3.8) is 0 Å². The van der Waals surface area contributed by atoms with Gasteiger partial charge in [0.25, 0.3) is 0 Å². The van der Waals surface area contributed by atoms with Crippen LogP contribution in [-0.4, -0.2) is 10.2 Å². The summed E-state index contributed by atoms with van der Waals surface area (Å²) in [6.45, 7) is 5.20. The maximum Gasteiger partial charge on any atom is 0.0649 e. The molecule has 1 unspecified atom stereocenters. The van der Waals surface area contributed by atoms with Gasteiger partial charge in [0.15, 0.2) is 0 Å². The predicted octanol–water partition coefficient (Wildman–Crippen LogP) is 4.17. The Balaban J connectivity index is 1.71. The minimum Gasteiger partial charge on any atom is -0.304 e. The van der Waals surface area contributed by atoms with E-state index in [0.717, 1.165) is 17.9 Å². The number of aromatic nitrogens is 1. The number of nitrogens with zero attached hydrogens (tertiary/aromatic N) is 1. The highest BCUT2D eigenvalue weighted by Gasteiger charge is 2.25. The molecule has 3 heterocycles. The molecular formula is C15H18N2S2. The van der Waals surface area contributed by atoms with Gasteiger partial charge in [-0.15, -0.1) is 23.1 Å². The first kappa shape index (κ1) is 13.2. The van der Waals surface area contributed by atoms with Gasteiger partial charge in [-0.2, -0.15) is 0 Å². The van der Waals surface area contributed by atoms with Crippen molar-refractivity contribution in [3.8, 4) is 0 Å². The molecule has 0 saturated carbocycles. The molecule has 0 aliphatic carbocycles. The van der Waals surface area contributed by atoms with Crippen molar-refractivity contribution in [2.45, 2.75) is 42.3 Å². The monoisotopic (exact) mass is 290 g/mol. The lowest BCUT2D eigenvalue weighted by Gasteiger charge is -2.27. The molecule has 1 aliphatic rings. The Morgan fingerprint density at radius 2 is 2.26 bits per heavy atom. The fraction of sp³-hybridized carbons (Fsp3) is 0.400. The zero-order valence-electron chi connectivity index (χ0n) is 11.2. The van der Waals surface area contributed by atoms with Crippen molar-refractivity contribution >= 4 is 23.1 Å². The fourth-order valence-electron chi connectivity index (χ4n) is 2.47. The van der Waals surface area contributed by atoms with Crippen molar-refractivity contribution in [2.24, 2.45) is 0 Å². The molecule has 2 aromatic heterocycles. The lowest BCUT2D eigenvalue weighted by atomic mass is 10.0. The molecule has 0 amide bonds. The number of thiophene rings is 1. The number of fused-ring (bicyclic) bond motifs is 1. The third kappa shape index (κ3) is 3.02. The van der Waals surface area contributed by atoms with E-state index in [0.29, 0.717) is 11.3 Å². The Morgan fingerprint density at radius 1 is 1.37 bits per heavy atom. The zero-order valence-corrected chi connectivity index (χ0v) is 12.9. The molecule has 19 heavy (non-hydrogen) atoms. The summed E-state index contributed by atoms with van der Waals surface area (Å²) in [5, 5.41) is 6.56. The summed E-state index contributed by atoms with van der Waals surface area (Å²) in [6, 6.07) is 8.95. The highest BCUT2D eigenvalue weighted by molar-refractivity contribution is 8.01. The summed E-state index contributed by atoms with van der Waals surface area (Å²) in [5.74, 6) is 0. The Bertz CT molecular complexity index is 565. The molecule has 1 N–H and O–H groups in total. The fourth-order valence-corrected chi connectivity index (χ4v) is 5.04. The molecule has 4 heteroatoms. The van der Waals surface area contributed by atoms with Crippen LogP contribution in [0.2, 0.25) is 0 Å². The number of rotatable bonds is 3. The van der Waals surface area contributed by atoms with Crippen LogP contribution in [0.1, 0.15) is 36.3 Å². The standard InChI is InChI=1S/C15H18N2S2/c1-10-4-3-5-12(17-10)9-16-14-8-11(2)19-15-13(14)6-7-18-15/h3-7,11,14,16H,8-9H2,1-2H3/t11-,14?/m0/s1. The van der Waals surface area contributed by atoms with Crippen molar-refractivity contribution in [1.29, 1.82) is 0 Å². The lowest BCUT2D eigenvalue weighted by molar-refractivity contribution is 0.484. The largest absolute Gasteiger partial charge is 0.304 e. The van der Waals surface area contributed by atoms with Crippen molar-refractivity contribution in [1.82, 2.24) is 10.3 Å². The van der Waals surface area contributed by atoms with Gasteiger partial charge in [0.2, 0.25) is 0 Å². The minimum absolute atomic E-state index is 0.472. The van der Waals surface area contributed by atoms with E-state index in [1.54, 1.807) is 0 Å². The molecule has 100 valence electrons. The molecule has 2 atom stereocenters. The van der Waals surface area contributed by atoms with E-state index < -0.39 is 0 Å². The van der Waals surface area contributed by atoms with Gasteiger partial charge in [-0.3, -0.25) is 4.98 Å². The second kappa shape index (κ2) is 5.65. The molecule has 2 nitrogen and oxygen atoms in total. The van der Waals surface area contributed by atoms with Crippen LogP contribution >= 0.6 is 23.1 Å². The topological polar surface area (TPSA) is 24.9 Å². The number of nitrogens with one attached hydrogen (secondary N) is 1. The van der Waals surface area contributed by atoms with E-state index in [-0.39, 0.29) is 0 Å². The molecule has 0 aromatic carbocycles. The van der Waals surface area contributed by atoms with Crippen LogP contribution < -0.4 is 5.32 Å². The highest BCUT2D eigenvalue weighted by atomic mass is 32.2. The molecule has 0 spiro atoms. The number of hydrogen-bond donors (Lipinski definition) is 1. The molecule has 3 rings (SSSR count). The summed E-state index contributed by atoms with van der Waals surface area (Å²) in [5.41, 5.74) is 3.69. The number of pyridine rings is 1. The summed E-state index contributed by atoms with van der Waals surface area (Å²) in [4.78, 5) is 4.56. The molecule has 0 bridgehead atoms. The van der Waals surface area contributed by atoms with Gasteiger partial charge < -0.3 is 5.32 Å². The van der Waals surface area contributed by atoms with Crippen LogP contribution in [0.5, 0.6) is 0 Å². The Labute approximate surface area is 122 Å². The van der Waals surface area contributed by atoms with Crippen molar-refractivity contribution < 1.29 is 0 Å². The minimum atomic E-state index is 0.472. The first-order valence-electron chi connectivity index (χ1n) is 6.62. The van der Waals surface area contributed by atoms with E-state index in [9.17, 15) is 0 Å². The summed E-state index contributed by atoms with van der Waals surface area (Å²) in [7, 11) is 0. The number of thioether (sulfide) groups is 1. The zero-order chi connectivity index (χ0) is 13.2. The quantitative estimate of drug-likeness (QED) is 0.918. The summed E-state index contributed by atoms with van der Waals surface area (Å²) >= 11 is 3.87. The smallest absolute Gasteiger partial charge is 0.0649 e. The average molecular weight is 290 g/mol. The van der Waals surface area contributed by atoms with Crippen LogP contribution in [0.15, 0.2) is 33.9 Å². The third-order valence-corrected chi connectivity index (χ3v) is 5.73. The van der Waals surface area contributed by atoms with Crippen LogP contribution in [0.3, 0.4) is 0 Å². The van der Waals surface area contributed by atoms with Crippen LogP contribution in [0, 0.1) is 6.92 Å². The van der Waals surface area contributed by atoms with Gasteiger partial charge in [0.05, 0.1) is 9.90 Å². The second-order valence-corrected chi connectivity index (χ2v) is 7.65. The third-order valence-electron chi connectivity index (χ3n) is 3.39. The van der Waals surface area contributed by atoms with E-state index in [4.69, 9.17) is 0 Å². The molecule has 0 fully saturated rings. The first-order valence-corrected chi connectivity index (χ1v) is 8.38. The Kier molecular flexibility index (Phi) is 3.91. The maximum atomic E-state index is 4.56. The lowest BCUT2D eigenvalue weighted by Crippen LogP contribution is -2.26. The van der Waals surface area contributed by atoms with E-state index in [1.165, 1.54) is 16.2 Å². The second-order valence-electron chi connectivity index (χ2n) is 5.03. The maximum absolute atomic E-state index is 4.56. The Morgan fingerprint density at radius 3 is 3.11 bits per heavy atom. The van der Waals surface area contributed by atoms with Gasteiger partial charge in [-0.25, -0.2) is 0 Å². The highest BCUT2D eigenvalue weighted by Crippen LogP contribution is 2.43. The van der Waals surface area contributed by atoms with Crippen LogP contribution in [0.25, 0.3) is 0 Å². The summed E-state index contributed by atoms with van der Waals surface area (Å²) < 4.78 is 1.48. The van der Waals surface area contributed by atoms with Gasteiger partial charge in [-0.05, 0) is 42.5 Å². The van der Waals surface area contributed by atoms with Crippen LogP contribution in [-0.2, 0) is 6.54 Å². The van der Waals surface area contributed by atoms with Gasteiger partial charge >= 0.3 is 0 Å².